The molecule has 4 nitrogen and oxygen atoms in total. The standard InChI is InChI=1S/C12H18FNO3.ClH/c1-16-11-6-8(10(14)4-3-5-15)9(13)7-12(11)17-2;/h6-7,10,15H,3-5,14H2,1-2H3;1H/t10-;/m0./s1. The van der Waals surface area contributed by atoms with Crippen LogP contribution in [0.4, 0.5) is 4.39 Å². The van der Waals surface area contributed by atoms with Gasteiger partial charge in [-0.15, -0.1) is 12.4 Å². The minimum absolute atomic E-state index is 0. The average Bonchev–Trinajstić information content (AvgIpc) is 2.35. The van der Waals surface area contributed by atoms with E-state index in [1.165, 1.54) is 26.4 Å². The number of aliphatic hydroxyl groups excluding tert-OH is 1. The van der Waals surface area contributed by atoms with Crippen molar-refractivity contribution in [3.05, 3.63) is 23.5 Å². The van der Waals surface area contributed by atoms with Crippen LogP contribution >= 0.6 is 12.4 Å². The number of rotatable bonds is 6. The molecule has 0 amide bonds. The molecule has 1 rings (SSSR count). The number of ether oxygens (including phenoxy) is 2. The van der Waals surface area contributed by atoms with Gasteiger partial charge in [-0.25, -0.2) is 4.39 Å². The Balaban J connectivity index is 0.00000289. The van der Waals surface area contributed by atoms with E-state index in [-0.39, 0.29) is 19.0 Å². The van der Waals surface area contributed by atoms with Gasteiger partial charge in [0.15, 0.2) is 11.5 Å². The van der Waals surface area contributed by atoms with Gasteiger partial charge < -0.3 is 20.3 Å². The SMILES string of the molecule is COc1cc(F)c([C@@H](N)CCCO)cc1OC.Cl. The first-order chi connectivity index (χ1) is 8.13. The van der Waals surface area contributed by atoms with Crippen LogP contribution in [-0.4, -0.2) is 25.9 Å². The van der Waals surface area contributed by atoms with Crippen LogP contribution in [0.1, 0.15) is 24.4 Å². The van der Waals surface area contributed by atoms with Crippen LogP contribution in [0, 0.1) is 5.82 Å². The summed E-state index contributed by atoms with van der Waals surface area (Å²) in [5.41, 5.74) is 6.22. The monoisotopic (exact) mass is 279 g/mol. The second-order valence-corrected chi connectivity index (χ2v) is 3.70. The first-order valence-electron chi connectivity index (χ1n) is 5.41. The molecule has 0 aliphatic rings. The van der Waals surface area contributed by atoms with E-state index in [4.69, 9.17) is 20.3 Å². The highest BCUT2D eigenvalue weighted by atomic mass is 35.5. The molecule has 6 heteroatoms. The Hall–Kier alpha value is -1.04. The normalized spacial score (nSPS) is 11.6. The third-order valence-electron chi connectivity index (χ3n) is 2.58. The van der Waals surface area contributed by atoms with Gasteiger partial charge in [-0.3, -0.25) is 0 Å². The topological polar surface area (TPSA) is 64.7 Å². The second-order valence-electron chi connectivity index (χ2n) is 3.70. The smallest absolute Gasteiger partial charge is 0.163 e. The van der Waals surface area contributed by atoms with Crippen LogP contribution in [0.2, 0.25) is 0 Å². The number of methoxy groups -OCH3 is 2. The molecule has 0 saturated carbocycles. The van der Waals surface area contributed by atoms with Crippen molar-refractivity contribution < 1.29 is 19.0 Å². The van der Waals surface area contributed by atoms with Gasteiger partial charge in [-0.05, 0) is 18.9 Å². The molecular formula is C12H19ClFNO3. The summed E-state index contributed by atoms with van der Waals surface area (Å²) in [5.74, 6) is 0.361. The van der Waals surface area contributed by atoms with Gasteiger partial charge in [-0.1, -0.05) is 0 Å². The molecule has 0 fully saturated rings. The lowest BCUT2D eigenvalue weighted by atomic mass is 10.0. The molecule has 104 valence electrons. The van der Waals surface area contributed by atoms with Crippen molar-refractivity contribution in [2.24, 2.45) is 5.73 Å². The van der Waals surface area contributed by atoms with E-state index in [0.717, 1.165) is 0 Å². The van der Waals surface area contributed by atoms with Crippen LogP contribution in [-0.2, 0) is 0 Å². The van der Waals surface area contributed by atoms with Gasteiger partial charge >= 0.3 is 0 Å². The van der Waals surface area contributed by atoms with Gasteiger partial charge in [0.25, 0.3) is 0 Å². The molecule has 1 aromatic carbocycles. The summed E-state index contributed by atoms with van der Waals surface area (Å²) in [6, 6.07) is 2.34. The number of halogens is 2. The van der Waals surface area contributed by atoms with Gasteiger partial charge in [-0.2, -0.15) is 0 Å². The van der Waals surface area contributed by atoms with Crippen LogP contribution < -0.4 is 15.2 Å². The summed E-state index contributed by atoms with van der Waals surface area (Å²) in [6.45, 7) is 0.0443. The Morgan fingerprint density at radius 1 is 1.28 bits per heavy atom. The molecular weight excluding hydrogens is 261 g/mol. The van der Waals surface area contributed by atoms with Crippen LogP contribution in [0.5, 0.6) is 11.5 Å². The molecule has 1 aromatic rings. The maximum absolute atomic E-state index is 13.8. The third kappa shape index (κ3) is 4.01. The number of nitrogens with two attached hydrogens (primary N) is 1. The van der Waals surface area contributed by atoms with E-state index in [0.29, 0.717) is 29.9 Å². The Kier molecular flexibility index (Phi) is 7.66. The zero-order valence-electron chi connectivity index (χ0n) is 10.5. The van der Waals surface area contributed by atoms with Crippen molar-refractivity contribution in [1.29, 1.82) is 0 Å². The van der Waals surface area contributed by atoms with Crippen molar-refractivity contribution in [2.75, 3.05) is 20.8 Å². The summed E-state index contributed by atoms with van der Waals surface area (Å²) >= 11 is 0. The second kappa shape index (κ2) is 8.13. The lowest BCUT2D eigenvalue weighted by Gasteiger charge is -2.15. The van der Waals surface area contributed by atoms with E-state index in [9.17, 15) is 4.39 Å². The fraction of sp³-hybridized carbons (Fsp3) is 0.500. The Bertz CT molecular complexity index is 377. The van der Waals surface area contributed by atoms with Crippen molar-refractivity contribution >= 4 is 12.4 Å². The number of aliphatic hydroxyl groups is 1. The largest absolute Gasteiger partial charge is 0.493 e. The molecule has 0 saturated heterocycles. The molecule has 0 aliphatic carbocycles. The van der Waals surface area contributed by atoms with E-state index < -0.39 is 11.9 Å². The van der Waals surface area contributed by atoms with Crippen LogP contribution in [0.25, 0.3) is 0 Å². The Labute approximate surface area is 112 Å². The molecule has 18 heavy (non-hydrogen) atoms. The van der Waals surface area contributed by atoms with E-state index in [1.54, 1.807) is 0 Å². The summed E-state index contributed by atoms with van der Waals surface area (Å²) < 4.78 is 23.8. The predicted octanol–water partition coefficient (Wildman–Crippen LogP) is 2.04. The third-order valence-corrected chi connectivity index (χ3v) is 2.58. The van der Waals surface area contributed by atoms with E-state index in [1.807, 2.05) is 0 Å². The molecule has 0 radical (unpaired) electrons. The highest BCUT2D eigenvalue weighted by Crippen LogP contribution is 2.32. The fourth-order valence-corrected chi connectivity index (χ4v) is 1.62. The number of benzene rings is 1. The summed E-state index contributed by atoms with van der Waals surface area (Å²) in [6.07, 6.45) is 1.05. The van der Waals surface area contributed by atoms with Crippen LogP contribution in [0.3, 0.4) is 0 Å². The zero-order valence-corrected chi connectivity index (χ0v) is 11.3. The quantitative estimate of drug-likeness (QED) is 0.836. The van der Waals surface area contributed by atoms with Gasteiger partial charge in [0.05, 0.1) is 14.2 Å². The van der Waals surface area contributed by atoms with Crippen molar-refractivity contribution in [3.63, 3.8) is 0 Å². The van der Waals surface area contributed by atoms with Crippen molar-refractivity contribution in [3.8, 4) is 11.5 Å². The Morgan fingerprint density at radius 3 is 2.33 bits per heavy atom. The summed E-state index contributed by atoms with van der Waals surface area (Å²) in [5, 5.41) is 8.72. The highest BCUT2D eigenvalue weighted by molar-refractivity contribution is 5.85. The molecule has 0 spiro atoms. The lowest BCUT2D eigenvalue weighted by Crippen LogP contribution is -2.13. The minimum atomic E-state index is -0.457. The number of hydrogen-bond donors (Lipinski definition) is 2. The van der Waals surface area contributed by atoms with Crippen LogP contribution in [0.15, 0.2) is 12.1 Å². The molecule has 0 heterocycles. The fourth-order valence-electron chi connectivity index (χ4n) is 1.62. The van der Waals surface area contributed by atoms with Crippen molar-refractivity contribution in [1.82, 2.24) is 0 Å². The molecule has 0 aliphatic heterocycles. The molecule has 3 N–H and O–H groups in total. The van der Waals surface area contributed by atoms with E-state index >= 15 is 0 Å². The first-order valence-corrected chi connectivity index (χ1v) is 5.41. The molecule has 1 atom stereocenters. The predicted molar refractivity (Wildman–Crippen MR) is 70.0 cm³/mol. The maximum Gasteiger partial charge on any atom is 0.163 e. The summed E-state index contributed by atoms with van der Waals surface area (Å²) in [4.78, 5) is 0. The molecule has 0 bridgehead atoms. The molecule has 0 unspecified atom stereocenters. The average molecular weight is 280 g/mol. The van der Waals surface area contributed by atoms with E-state index in [2.05, 4.69) is 0 Å². The van der Waals surface area contributed by atoms with Crippen molar-refractivity contribution in [2.45, 2.75) is 18.9 Å². The lowest BCUT2D eigenvalue weighted by molar-refractivity contribution is 0.279. The van der Waals surface area contributed by atoms with Gasteiger partial charge in [0, 0.05) is 24.3 Å². The minimum Gasteiger partial charge on any atom is -0.493 e. The van der Waals surface area contributed by atoms with Gasteiger partial charge in [0.1, 0.15) is 5.82 Å². The highest BCUT2D eigenvalue weighted by Gasteiger charge is 2.16. The Morgan fingerprint density at radius 2 is 1.83 bits per heavy atom. The van der Waals surface area contributed by atoms with Gasteiger partial charge in [0.2, 0.25) is 0 Å². The summed E-state index contributed by atoms with van der Waals surface area (Å²) in [7, 11) is 2.93. The maximum atomic E-state index is 13.8. The first kappa shape index (κ1) is 17.0. The number of hydrogen-bond acceptors (Lipinski definition) is 4. The molecule has 0 aromatic heterocycles. The zero-order chi connectivity index (χ0) is 12.8.